The lowest BCUT2D eigenvalue weighted by atomic mass is 10.0. The highest BCUT2D eigenvalue weighted by atomic mass is 19.1. The highest BCUT2D eigenvalue weighted by Gasteiger charge is 2.27. The summed E-state index contributed by atoms with van der Waals surface area (Å²) in [6, 6.07) is 8.95. The Balaban J connectivity index is 1.48. The summed E-state index contributed by atoms with van der Waals surface area (Å²) in [4.78, 5) is 23.1. The number of rotatable bonds is 4. The molecule has 5 rings (SSSR count). The van der Waals surface area contributed by atoms with Gasteiger partial charge in [0.2, 0.25) is 5.91 Å². The Bertz CT molecular complexity index is 1370. The molecule has 1 N–H and O–H groups in total. The number of halogens is 2. The topological polar surface area (TPSA) is 75.9 Å². The maximum atomic E-state index is 14.0. The van der Waals surface area contributed by atoms with E-state index in [4.69, 9.17) is 0 Å². The number of nitrogens with zero attached hydrogens (tertiary/aromatic N) is 5. The van der Waals surface area contributed by atoms with Crippen LogP contribution in [-0.2, 0) is 24.7 Å². The molecule has 1 amide bonds. The molecule has 1 aliphatic rings. The molecule has 0 unspecified atom stereocenters. The second-order valence-corrected chi connectivity index (χ2v) is 7.69. The Morgan fingerprint density at radius 1 is 1.16 bits per heavy atom. The molecule has 0 radical (unpaired) electrons. The molecule has 0 aliphatic carbocycles. The smallest absolute Gasteiger partial charge is 0.231 e. The third kappa shape index (κ3) is 3.26. The molecule has 2 aromatic heterocycles. The third-order valence-corrected chi connectivity index (χ3v) is 5.76. The van der Waals surface area contributed by atoms with Crippen molar-refractivity contribution in [3.8, 4) is 11.3 Å². The van der Waals surface area contributed by atoms with E-state index >= 15 is 0 Å². The van der Waals surface area contributed by atoms with Crippen LogP contribution in [0.25, 0.3) is 22.3 Å². The van der Waals surface area contributed by atoms with Crippen molar-refractivity contribution in [2.75, 3.05) is 23.8 Å². The number of fused-ring (bicyclic) bond motifs is 2. The zero-order valence-corrected chi connectivity index (χ0v) is 17.6. The van der Waals surface area contributed by atoms with Crippen LogP contribution in [0.15, 0.2) is 42.7 Å². The van der Waals surface area contributed by atoms with E-state index in [2.05, 4.69) is 20.4 Å². The van der Waals surface area contributed by atoms with Crippen molar-refractivity contribution in [3.05, 3.63) is 65.5 Å². The minimum absolute atomic E-state index is 0.0552. The number of aromatic nitrogens is 4. The average molecular weight is 434 g/mol. The van der Waals surface area contributed by atoms with E-state index in [-0.39, 0.29) is 17.9 Å². The zero-order valence-electron chi connectivity index (χ0n) is 17.6. The van der Waals surface area contributed by atoms with Gasteiger partial charge in [-0.25, -0.2) is 23.4 Å². The van der Waals surface area contributed by atoms with E-state index in [9.17, 15) is 13.6 Å². The minimum atomic E-state index is -0.584. The standard InChI is InChI=1S/C23H20F2N6O/c1-26-22-20-21(29-30(2)23(20)28-12-27-22)14-3-6-18-13(9-14)7-8-31(18)19(32)11-15-10-16(24)4-5-17(15)25/h3-6,9-10,12H,7-8,11H2,1-2H3,(H,26,27,28). The van der Waals surface area contributed by atoms with Gasteiger partial charge < -0.3 is 10.2 Å². The maximum Gasteiger partial charge on any atom is 0.231 e. The first-order valence-electron chi connectivity index (χ1n) is 10.2. The first-order chi connectivity index (χ1) is 15.5. The van der Waals surface area contributed by atoms with E-state index in [1.807, 2.05) is 25.2 Å². The van der Waals surface area contributed by atoms with Crippen molar-refractivity contribution < 1.29 is 13.6 Å². The molecule has 2 aromatic carbocycles. The highest BCUT2D eigenvalue weighted by Crippen LogP contribution is 2.36. The van der Waals surface area contributed by atoms with Gasteiger partial charge in [0.25, 0.3) is 0 Å². The van der Waals surface area contributed by atoms with Gasteiger partial charge in [-0.2, -0.15) is 5.10 Å². The molecule has 0 saturated heterocycles. The van der Waals surface area contributed by atoms with E-state index in [1.54, 1.807) is 16.6 Å². The molecule has 4 aromatic rings. The summed E-state index contributed by atoms with van der Waals surface area (Å²) < 4.78 is 29.2. The summed E-state index contributed by atoms with van der Waals surface area (Å²) >= 11 is 0. The summed E-state index contributed by atoms with van der Waals surface area (Å²) in [5.74, 6) is -0.727. The summed E-state index contributed by atoms with van der Waals surface area (Å²) in [5, 5.41) is 8.55. The molecule has 0 spiro atoms. The number of nitrogens with one attached hydrogen (secondary N) is 1. The molecule has 0 atom stereocenters. The SMILES string of the molecule is CNc1ncnc2c1c(-c1ccc3c(c1)CCN3C(=O)Cc1cc(F)ccc1F)nn2C. The minimum Gasteiger partial charge on any atom is -0.372 e. The van der Waals surface area contributed by atoms with E-state index in [1.165, 1.54) is 6.33 Å². The Kier molecular flexibility index (Phi) is 4.80. The number of anilines is 2. The van der Waals surface area contributed by atoms with Gasteiger partial charge in [0.05, 0.1) is 11.8 Å². The molecule has 162 valence electrons. The van der Waals surface area contributed by atoms with Crippen LogP contribution in [0.4, 0.5) is 20.3 Å². The lowest BCUT2D eigenvalue weighted by Crippen LogP contribution is -2.30. The molecule has 0 fully saturated rings. The number of amides is 1. The molecule has 0 saturated carbocycles. The van der Waals surface area contributed by atoms with E-state index in [0.717, 1.165) is 46.1 Å². The Morgan fingerprint density at radius 3 is 2.81 bits per heavy atom. The molecule has 32 heavy (non-hydrogen) atoms. The largest absolute Gasteiger partial charge is 0.372 e. The van der Waals surface area contributed by atoms with E-state index < -0.39 is 11.6 Å². The van der Waals surface area contributed by atoms with Crippen molar-refractivity contribution in [1.29, 1.82) is 0 Å². The lowest BCUT2D eigenvalue weighted by molar-refractivity contribution is -0.117. The summed E-state index contributed by atoms with van der Waals surface area (Å²) in [7, 11) is 3.63. The Labute approximate surface area is 182 Å². The normalized spacial score (nSPS) is 12.9. The van der Waals surface area contributed by atoms with Crippen molar-refractivity contribution in [2.45, 2.75) is 12.8 Å². The Morgan fingerprint density at radius 2 is 2.00 bits per heavy atom. The summed E-state index contributed by atoms with van der Waals surface area (Å²) in [5.41, 5.74) is 4.19. The van der Waals surface area contributed by atoms with Crippen LogP contribution >= 0.6 is 0 Å². The fourth-order valence-electron chi connectivity index (χ4n) is 4.22. The first-order valence-corrected chi connectivity index (χ1v) is 10.2. The first kappa shape index (κ1) is 20.0. The average Bonchev–Trinajstić information content (AvgIpc) is 3.37. The molecule has 1 aliphatic heterocycles. The van der Waals surface area contributed by atoms with Crippen LogP contribution in [-0.4, -0.2) is 39.2 Å². The number of carbonyl (C=O) groups excluding carboxylic acids is 1. The summed E-state index contributed by atoms with van der Waals surface area (Å²) in [6.07, 6.45) is 1.96. The van der Waals surface area contributed by atoms with Gasteiger partial charge in [-0.15, -0.1) is 0 Å². The number of hydrogen-bond acceptors (Lipinski definition) is 5. The second kappa shape index (κ2) is 7.67. The third-order valence-electron chi connectivity index (χ3n) is 5.76. The van der Waals surface area contributed by atoms with Crippen molar-refractivity contribution in [1.82, 2.24) is 19.7 Å². The predicted molar refractivity (Wildman–Crippen MR) is 117 cm³/mol. The van der Waals surface area contributed by atoms with Crippen LogP contribution in [0, 0.1) is 11.6 Å². The molecule has 3 heterocycles. The van der Waals surface area contributed by atoms with Gasteiger partial charge in [0.15, 0.2) is 5.65 Å². The predicted octanol–water partition coefficient (Wildman–Crippen LogP) is 3.48. The number of benzene rings is 2. The fourth-order valence-corrected chi connectivity index (χ4v) is 4.22. The van der Waals surface area contributed by atoms with Crippen LogP contribution in [0.5, 0.6) is 0 Å². The fraction of sp³-hybridized carbons (Fsp3) is 0.217. The number of aryl methyl sites for hydroxylation is 1. The van der Waals surface area contributed by atoms with Gasteiger partial charge in [-0.3, -0.25) is 4.79 Å². The van der Waals surface area contributed by atoms with Crippen LogP contribution in [0.3, 0.4) is 0 Å². The molecular weight excluding hydrogens is 414 g/mol. The van der Waals surface area contributed by atoms with Crippen LogP contribution in [0.2, 0.25) is 0 Å². The quantitative estimate of drug-likeness (QED) is 0.532. The molecule has 0 bridgehead atoms. The van der Waals surface area contributed by atoms with Crippen molar-refractivity contribution in [3.63, 3.8) is 0 Å². The highest BCUT2D eigenvalue weighted by molar-refractivity contribution is 6.00. The molecule has 9 heteroatoms. The van der Waals surface area contributed by atoms with Crippen molar-refractivity contribution in [2.24, 2.45) is 7.05 Å². The lowest BCUT2D eigenvalue weighted by Gasteiger charge is -2.18. The number of hydrogen-bond donors (Lipinski definition) is 1. The number of carbonyl (C=O) groups is 1. The maximum absolute atomic E-state index is 14.0. The molecular formula is C23H20F2N6O. The van der Waals surface area contributed by atoms with Crippen molar-refractivity contribution >= 4 is 28.4 Å². The monoisotopic (exact) mass is 434 g/mol. The van der Waals surface area contributed by atoms with Crippen LogP contribution in [0.1, 0.15) is 11.1 Å². The second-order valence-electron chi connectivity index (χ2n) is 7.69. The van der Waals surface area contributed by atoms with Gasteiger partial charge in [0.1, 0.15) is 29.5 Å². The van der Waals surface area contributed by atoms with Gasteiger partial charge >= 0.3 is 0 Å². The summed E-state index contributed by atoms with van der Waals surface area (Å²) in [6.45, 7) is 0.488. The molecule has 7 nitrogen and oxygen atoms in total. The van der Waals surface area contributed by atoms with Gasteiger partial charge in [-0.05, 0) is 42.3 Å². The Hall–Kier alpha value is -3.88. The van der Waals surface area contributed by atoms with Crippen LogP contribution < -0.4 is 10.2 Å². The zero-order chi connectivity index (χ0) is 22.4. The van der Waals surface area contributed by atoms with E-state index in [0.29, 0.717) is 24.4 Å². The van der Waals surface area contributed by atoms with Gasteiger partial charge in [0, 0.05) is 37.5 Å². The van der Waals surface area contributed by atoms with Gasteiger partial charge in [-0.1, -0.05) is 6.07 Å².